The van der Waals surface area contributed by atoms with Crippen LogP contribution in [0.1, 0.15) is 19.4 Å². The van der Waals surface area contributed by atoms with Gasteiger partial charge in [0.2, 0.25) is 0 Å². The summed E-state index contributed by atoms with van der Waals surface area (Å²) in [5, 5.41) is 0. The molecule has 0 radical (unpaired) electrons. The first kappa shape index (κ1) is 10.6. The van der Waals surface area contributed by atoms with Gasteiger partial charge in [-0.15, -0.1) is 0 Å². The number of hydrogen-bond acceptors (Lipinski definition) is 1. The highest BCUT2D eigenvalue weighted by Crippen LogP contribution is 2.24. The van der Waals surface area contributed by atoms with E-state index >= 15 is 0 Å². The van der Waals surface area contributed by atoms with Gasteiger partial charge < -0.3 is 0 Å². The van der Waals surface area contributed by atoms with E-state index in [0.717, 1.165) is 37.0 Å². The molecule has 15 heavy (non-hydrogen) atoms. The Hall–Kier alpha value is -0.890. The molecular formula is C13H18FN. The van der Waals surface area contributed by atoms with Crippen molar-refractivity contribution in [3.05, 3.63) is 35.6 Å². The van der Waals surface area contributed by atoms with Gasteiger partial charge in [-0.1, -0.05) is 32.0 Å². The second-order valence-corrected chi connectivity index (χ2v) is 4.74. The number of halogens is 1. The van der Waals surface area contributed by atoms with Crippen LogP contribution in [0.3, 0.4) is 0 Å². The van der Waals surface area contributed by atoms with E-state index in [0.29, 0.717) is 0 Å². The van der Waals surface area contributed by atoms with E-state index in [1.165, 1.54) is 6.07 Å². The van der Waals surface area contributed by atoms with E-state index < -0.39 is 0 Å². The molecule has 1 aromatic carbocycles. The van der Waals surface area contributed by atoms with Gasteiger partial charge in [-0.25, -0.2) is 4.39 Å². The largest absolute Gasteiger partial charge is 0.298 e. The number of benzene rings is 1. The predicted octanol–water partition coefficient (Wildman–Crippen LogP) is 2.91. The summed E-state index contributed by atoms with van der Waals surface area (Å²) in [7, 11) is 0. The van der Waals surface area contributed by atoms with Crippen LogP contribution in [0.5, 0.6) is 0 Å². The summed E-state index contributed by atoms with van der Waals surface area (Å²) in [6, 6.07) is 7.07. The van der Waals surface area contributed by atoms with Crippen LogP contribution in [0.2, 0.25) is 0 Å². The minimum absolute atomic E-state index is 0.0790. The van der Waals surface area contributed by atoms with Crippen LogP contribution >= 0.6 is 0 Å². The molecule has 1 aliphatic heterocycles. The normalized spacial score (nSPS) is 27.1. The Labute approximate surface area is 90.9 Å². The van der Waals surface area contributed by atoms with Crippen LogP contribution in [-0.4, -0.2) is 18.0 Å². The average Bonchev–Trinajstić information content (AvgIpc) is 2.50. The molecule has 0 aliphatic carbocycles. The fourth-order valence-corrected chi connectivity index (χ4v) is 2.25. The summed E-state index contributed by atoms with van der Waals surface area (Å²) < 4.78 is 13.4. The third-order valence-electron chi connectivity index (χ3n) is 3.42. The van der Waals surface area contributed by atoms with Crippen LogP contribution in [0.25, 0.3) is 0 Å². The molecule has 1 nitrogen and oxygen atoms in total. The molecule has 82 valence electrons. The molecule has 1 heterocycles. The van der Waals surface area contributed by atoms with E-state index in [1.807, 2.05) is 12.1 Å². The zero-order chi connectivity index (χ0) is 10.8. The molecule has 0 N–H and O–H groups in total. The monoisotopic (exact) mass is 207 g/mol. The zero-order valence-electron chi connectivity index (χ0n) is 9.41. The standard InChI is InChI=1S/C13H18FN/c1-10-7-15(8-11(10)2)9-12-5-3-4-6-13(12)14/h3-6,10-11H,7-9H2,1-2H3. The second-order valence-electron chi connectivity index (χ2n) is 4.74. The third kappa shape index (κ3) is 2.37. The maximum atomic E-state index is 13.4. The highest BCUT2D eigenvalue weighted by molar-refractivity contribution is 5.17. The van der Waals surface area contributed by atoms with Crippen LogP contribution < -0.4 is 0 Å². The topological polar surface area (TPSA) is 3.24 Å². The Kier molecular flexibility index (Phi) is 3.06. The Morgan fingerprint density at radius 2 is 1.80 bits per heavy atom. The van der Waals surface area contributed by atoms with Crippen LogP contribution in [0.15, 0.2) is 24.3 Å². The molecule has 2 atom stereocenters. The maximum absolute atomic E-state index is 13.4. The Morgan fingerprint density at radius 3 is 2.40 bits per heavy atom. The molecule has 0 amide bonds. The van der Waals surface area contributed by atoms with Crippen molar-refractivity contribution >= 4 is 0 Å². The summed E-state index contributed by atoms with van der Waals surface area (Å²) in [6.07, 6.45) is 0. The summed E-state index contributed by atoms with van der Waals surface area (Å²) in [4.78, 5) is 2.34. The van der Waals surface area contributed by atoms with E-state index in [4.69, 9.17) is 0 Å². The molecule has 0 bridgehead atoms. The maximum Gasteiger partial charge on any atom is 0.127 e. The molecule has 1 fully saturated rings. The van der Waals surface area contributed by atoms with Crippen molar-refractivity contribution in [3.8, 4) is 0 Å². The van der Waals surface area contributed by atoms with Crippen LogP contribution in [0.4, 0.5) is 4.39 Å². The van der Waals surface area contributed by atoms with Crippen molar-refractivity contribution in [1.82, 2.24) is 4.90 Å². The summed E-state index contributed by atoms with van der Waals surface area (Å²) in [6.45, 7) is 7.48. The highest BCUT2D eigenvalue weighted by atomic mass is 19.1. The SMILES string of the molecule is CC1CN(Cc2ccccc2F)CC1C. The minimum Gasteiger partial charge on any atom is -0.298 e. The van der Waals surface area contributed by atoms with Gasteiger partial charge in [0.25, 0.3) is 0 Å². The van der Waals surface area contributed by atoms with Crippen LogP contribution in [-0.2, 0) is 6.54 Å². The van der Waals surface area contributed by atoms with Gasteiger partial charge in [0, 0.05) is 25.2 Å². The Bertz CT molecular complexity index is 327. The van der Waals surface area contributed by atoms with Gasteiger partial charge in [-0.2, -0.15) is 0 Å². The Morgan fingerprint density at radius 1 is 1.20 bits per heavy atom. The van der Waals surface area contributed by atoms with Gasteiger partial charge in [0.1, 0.15) is 5.82 Å². The molecular weight excluding hydrogens is 189 g/mol. The van der Waals surface area contributed by atoms with Crippen molar-refractivity contribution < 1.29 is 4.39 Å². The van der Waals surface area contributed by atoms with Gasteiger partial charge in [0.15, 0.2) is 0 Å². The lowest BCUT2D eigenvalue weighted by atomic mass is 10.0. The van der Waals surface area contributed by atoms with E-state index in [2.05, 4.69) is 18.7 Å². The molecule has 1 saturated heterocycles. The molecule has 0 saturated carbocycles. The first-order valence-electron chi connectivity index (χ1n) is 5.62. The van der Waals surface area contributed by atoms with E-state index in [1.54, 1.807) is 6.07 Å². The van der Waals surface area contributed by atoms with Crippen molar-refractivity contribution in [2.45, 2.75) is 20.4 Å². The van der Waals surface area contributed by atoms with Gasteiger partial charge >= 0.3 is 0 Å². The lowest BCUT2D eigenvalue weighted by Gasteiger charge is -2.15. The van der Waals surface area contributed by atoms with Gasteiger partial charge in [-0.05, 0) is 17.9 Å². The highest BCUT2D eigenvalue weighted by Gasteiger charge is 2.26. The molecule has 2 unspecified atom stereocenters. The number of likely N-dealkylation sites (tertiary alicyclic amines) is 1. The lowest BCUT2D eigenvalue weighted by molar-refractivity contribution is 0.311. The number of nitrogens with zero attached hydrogens (tertiary/aromatic N) is 1. The van der Waals surface area contributed by atoms with Crippen molar-refractivity contribution in [2.24, 2.45) is 11.8 Å². The van der Waals surface area contributed by atoms with Gasteiger partial charge in [-0.3, -0.25) is 4.90 Å². The van der Waals surface area contributed by atoms with Crippen molar-refractivity contribution in [1.29, 1.82) is 0 Å². The fourth-order valence-electron chi connectivity index (χ4n) is 2.25. The molecule has 2 heteroatoms. The minimum atomic E-state index is -0.0790. The molecule has 1 aromatic rings. The lowest BCUT2D eigenvalue weighted by Crippen LogP contribution is -2.20. The molecule has 2 rings (SSSR count). The van der Waals surface area contributed by atoms with Crippen molar-refractivity contribution in [2.75, 3.05) is 13.1 Å². The number of rotatable bonds is 2. The predicted molar refractivity (Wildman–Crippen MR) is 60.0 cm³/mol. The van der Waals surface area contributed by atoms with E-state index in [9.17, 15) is 4.39 Å². The molecule has 0 aromatic heterocycles. The summed E-state index contributed by atoms with van der Waals surface area (Å²) in [5.41, 5.74) is 0.818. The second kappa shape index (κ2) is 4.31. The first-order valence-corrected chi connectivity index (χ1v) is 5.62. The Balaban J connectivity index is 2.01. The summed E-state index contributed by atoms with van der Waals surface area (Å²) in [5.74, 6) is 1.39. The first-order chi connectivity index (χ1) is 7.16. The van der Waals surface area contributed by atoms with Crippen molar-refractivity contribution in [3.63, 3.8) is 0 Å². The third-order valence-corrected chi connectivity index (χ3v) is 3.42. The smallest absolute Gasteiger partial charge is 0.127 e. The van der Waals surface area contributed by atoms with Gasteiger partial charge in [0.05, 0.1) is 0 Å². The molecule has 1 aliphatic rings. The fraction of sp³-hybridized carbons (Fsp3) is 0.538. The average molecular weight is 207 g/mol. The van der Waals surface area contributed by atoms with Crippen LogP contribution in [0, 0.1) is 17.7 Å². The summed E-state index contributed by atoms with van der Waals surface area (Å²) >= 11 is 0. The van der Waals surface area contributed by atoms with E-state index in [-0.39, 0.29) is 5.82 Å². The zero-order valence-corrected chi connectivity index (χ0v) is 9.41. The number of hydrogen-bond donors (Lipinski definition) is 0. The molecule has 0 spiro atoms. The quantitative estimate of drug-likeness (QED) is 0.720.